The van der Waals surface area contributed by atoms with Crippen molar-refractivity contribution < 1.29 is 31.9 Å². The molecular weight excluding hydrogens is 325 g/mol. The smallest absolute Gasteiger partial charge is 0.416 e. The molecule has 0 bridgehead atoms. The molecule has 0 N–H and O–H groups in total. The molecule has 2 aromatic rings. The van der Waals surface area contributed by atoms with Gasteiger partial charge < -0.3 is 9.15 Å². The van der Waals surface area contributed by atoms with Crippen LogP contribution in [0.1, 0.15) is 28.4 Å². The first-order valence-electron chi connectivity index (χ1n) is 7.22. The normalized spacial score (nSPS) is 12.7. The predicted molar refractivity (Wildman–Crippen MR) is 78.3 cm³/mol. The van der Waals surface area contributed by atoms with E-state index in [9.17, 15) is 22.8 Å². The highest BCUT2D eigenvalue weighted by Crippen LogP contribution is 2.29. The van der Waals surface area contributed by atoms with Gasteiger partial charge >= 0.3 is 12.1 Å². The van der Waals surface area contributed by atoms with Crippen LogP contribution in [0.15, 0.2) is 47.3 Å². The molecule has 7 heteroatoms. The molecule has 0 spiro atoms. The van der Waals surface area contributed by atoms with E-state index < -0.39 is 29.4 Å². The maximum atomic E-state index is 12.6. The Morgan fingerprint density at radius 1 is 1.17 bits per heavy atom. The van der Waals surface area contributed by atoms with Crippen molar-refractivity contribution in [2.24, 2.45) is 5.92 Å². The predicted octanol–water partition coefficient (Wildman–Crippen LogP) is 3.90. The average molecular weight is 340 g/mol. The van der Waals surface area contributed by atoms with Gasteiger partial charge in [-0.3, -0.25) is 9.59 Å². The van der Waals surface area contributed by atoms with Gasteiger partial charge in [0.05, 0.1) is 24.0 Å². The van der Waals surface area contributed by atoms with E-state index in [4.69, 9.17) is 9.15 Å². The second-order valence-corrected chi connectivity index (χ2v) is 5.08. The van der Waals surface area contributed by atoms with Crippen LogP contribution < -0.4 is 0 Å². The molecule has 2 rings (SSSR count). The minimum atomic E-state index is -4.44. The lowest BCUT2D eigenvalue weighted by Crippen LogP contribution is -2.28. The number of hydrogen-bond donors (Lipinski definition) is 0. The van der Waals surface area contributed by atoms with E-state index >= 15 is 0 Å². The third-order valence-corrected chi connectivity index (χ3v) is 3.41. The van der Waals surface area contributed by atoms with E-state index in [0.29, 0.717) is 5.56 Å². The zero-order valence-corrected chi connectivity index (χ0v) is 12.8. The molecule has 0 aliphatic carbocycles. The molecule has 1 unspecified atom stereocenters. The number of hydrogen-bond acceptors (Lipinski definition) is 4. The van der Waals surface area contributed by atoms with Crippen LogP contribution >= 0.6 is 0 Å². The van der Waals surface area contributed by atoms with Crippen molar-refractivity contribution in [2.75, 3.05) is 6.61 Å². The van der Waals surface area contributed by atoms with Gasteiger partial charge in [0.15, 0.2) is 5.78 Å². The van der Waals surface area contributed by atoms with Gasteiger partial charge in [-0.25, -0.2) is 0 Å². The Kier molecular flexibility index (Phi) is 5.43. The van der Waals surface area contributed by atoms with Crippen LogP contribution in [0.2, 0.25) is 0 Å². The molecule has 0 aliphatic rings. The number of halogens is 3. The third-order valence-electron chi connectivity index (χ3n) is 3.41. The van der Waals surface area contributed by atoms with Gasteiger partial charge in [-0.05, 0) is 37.1 Å². The number of ether oxygens (including phenoxy) is 1. The van der Waals surface area contributed by atoms with Crippen molar-refractivity contribution in [1.82, 2.24) is 0 Å². The Morgan fingerprint density at radius 3 is 2.33 bits per heavy atom. The number of alkyl halides is 3. The molecule has 0 fully saturated rings. The Morgan fingerprint density at radius 2 is 1.83 bits per heavy atom. The first kappa shape index (κ1) is 17.8. The van der Waals surface area contributed by atoms with Gasteiger partial charge in [-0.2, -0.15) is 13.2 Å². The highest BCUT2D eigenvalue weighted by atomic mass is 19.4. The van der Waals surface area contributed by atoms with E-state index in [-0.39, 0.29) is 18.6 Å². The lowest BCUT2D eigenvalue weighted by atomic mass is 9.92. The molecule has 1 aromatic heterocycles. The standard InChI is InChI=1S/C17H15F3O4/c1-2-24-16(22)14(15(21)12-7-8-23-10-12)9-11-3-5-13(6-4-11)17(18,19)20/h3-8,10,14H,2,9H2,1H3. The molecule has 0 saturated carbocycles. The summed E-state index contributed by atoms with van der Waals surface area (Å²) in [5.74, 6) is -2.36. The number of benzene rings is 1. The summed E-state index contributed by atoms with van der Waals surface area (Å²) in [7, 11) is 0. The van der Waals surface area contributed by atoms with Crippen LogP contribution in [-0.2, 0) is 22.1 Å². The summed E-state index contributed by atoms with van der Waals surface area (Å²) in [5, 5.41) is 0. The largest absolute Gasteiger partial charge is 0.472 e. The van der Waals surface area contributed by atoms with Crippen molar-refractivity contribution in [3.8, 4) is 0 Å². The van der Waals surface area contributed by atoms with E-state index in [1.54, 1.807) is 6.92 Å². The summed E-state index contributed by atoms with van der Waals surface area (Å²) in [5.41, 5.74) is -0.155. The van der Waals surface area contributed by atoms with Crippen LogP contribution in [0, 0.1) is 5.92 Å². The highest BCUT2D eigenvalue weighted by molar-refractivity contribution is 6.08. The second kappa shape index (κ2) is 7.33. The quantitative estimate of drug-likeness (QED) is 0.455. The lowest BCUT2D eigenvalue weighted by molar-refractivity contribution is -0.146. The van der Waals surface area contributed by atoms with Crippen LogP contribution in [0.4, 0.5) is 13.2 Å². The molecule has 4 nitrogen and oxygen atoms in total. The summed E-state index contributed by atoms with van der Waals surface area (Å²) >= 11 is 0. The summed E-state index contributed by atoms with van der Waals surface area (Å²) in [6.07, 6.45) is -1.98. The first-order chi connectivity index (χ1) is 11.3. The molecule has 1 atom stereocenters. The van der Waals surface area contributed by atoms with Crippen LogP contribution in [0.25, 0.3) is 0 Å². The molecule has 0 saturated heterocycles. The van der Waals surface area contributed by atoms with Gasteiger partial charge in [0.25, 0.3) is 0 Å². The average Bonchev–Trinajstić information content (AvgIpc) is 3.06. The zero-order chi connectivity index (χ0) is 17.7. The van der Waals surface area contributed by atoms with Crippen molar-refractivity contribution in [3.63, 3.8) is 0 Å². The maximum absolute atomic E-state index is 12.6. The molecule has 128 valence electrons. The SMILES string of the molecule is CCOC(=O)C(Cc1ccc(C(F)(F)F)cc1)C(=O)c1ccoc1. The summed E-state index contributed by atoms with van der Waals surface area (Å²) < 4.78 is 47.5. The van der Waals surface area contributed by atoms with Crippen LogP contribution in [0.3, 0.4) is 0 Å². The molecule has 24 heavy (non-hydrogen) atoms. The van der Waals surface area contributed by atoms with Gasteiger partial charge in [-0.1, -0.05) is 12.1 Å². The Balaban J connectivity index is 2.22. The zero-order valence-electron chi connectivity index (χ0n) is 12.8. The minimum absolute atomic E-state index is 0.0546. The lowest BCUT2D eigenvalue weighted by Gasteiger charge is -2.14. The second-order valence-electron chi connectivity index (χ2n) is 5.08. The fourth-order valence-electron chi connectivity index (χ4n) is 2.20. The van der Waals surface area contributed by atoms with Gasteiger partial charge in [0, 0.05) is 0 Å². The fraction of sp³-hybridized carbons (Fsp3) is 0.294. The molecule has 1 aromatic carbocycles. The fourth-order valence-corrected chi connectivity index (χ4v) is 2.20. The topological polar surface area (TPSA) is 56.5 Å². The maximum Gasteiger partial charge on any atom is 0.416 e. The Labute approximate surface area is 136 Å². The van der Waals surface area contributed by atoms with Crippen molar-refractivity contribution in [2.45, 2.75) is 19.5 Å². The van der Waals surface area contributed by atoms with Gasteiger partial charge in [-0.15, -0.1) is 0 Å². The number of ketones is 1. The molecule has 0 amide bonds. The number of esters is 1. The molecular formula is C17H15F3O4. The summed E-state index contributed by atoms with van der Waals surface area (Å²) in [4.78, 5) is 24.5. The molecule has 0 radical (unpaired) electrons. The number of Topliss-reactive ketones (excluding diaryl/α,β-unsaturated/α-hetero) is 1. The van der Waals surface area contributed by atoms with Crippen molar-refractivity contribution in [3.05, 3.63) is 59.5 Å². The van der Waals surface area contributed by atoms with E-state index in [1.165, 1.54) is 30.7 Å². The Bertz CT molecular complexity index is 688. The number of carbonyl (C=O) groups is 2. The number of rotatable bonds is 6. The first-order valence-corrected chi connectivity index (χ1v) is 7.22. The van der Waals surface area contributed by atoms with Crippen molar-refractivity contribution >= 4 is 11.8 Å². The van der Waals surface area contributed by atoms with Gasteiger partial charge in [0.1, 0.15) is 12.2 Å². The van der Waals surface area contributed by atoms with Crippen LogP contribution in [-0.4, -0.2) is 18.4 Å². The van der Waals surface area contributed by atoms with Crippen LogP contribution in [0.5, 0.6) is 0 Å². The molecule has 0 aliphatic heterocycles. The third kappa shape index (κ3) is 4.24. The number of furan rings is 1. The molecule has 1 heterocycles. The summed E-state index contributed by atoms with van der Waals surface area (Å²) in [6, 6.07) is 5.75. The number of carbonyl (C=O) groups excluding carboxylic acids is 2. The van der Waals surface area contributed by atoms with E-state index in [2.05, 4.69) is 0 Å². The Hall–Kier alpha value is -2.57. The monoisotopic (exact) mass is 340 g/mol. The van der Waals surface area contributed by atoms with Crippen molar-refractivity contribution in [1.29, 1.82) is 0 Å². The minimum Gasteiger partial charge on any atom is -0.472 e. The highest BCUT2D eigenvalue weighted by Gasteiger charge is 2.32. The van der Waals surface area contributed by atoms with E-state index in [0.717, 1.165) is 12.1 Å². The van der Waals surface area contributed by atoms with E-state index in [1.807, 2.05) is 0 Å². The summed E-state index contributed by atoms with van der Waals surface area (Å²) in [6.45, 7) is 1.70. The van der Waals surface area contributed by atoms with Gasteiger partial charge in [0.2, 0.25) is 0 Å².